The van der Waals surface area contributed by atoms with Crippen molar-refractivity contribution >= 4 is 34.8 Å². The van der Waals surface area contributed by atoms with Gasteiger partial charge in [0.1, 0.15) is 23.4 Å². The molecule has 3 rings (SSSR count). The monoisotopic (exact) mass is 552 g/mol. The average Bonchev–Trinajstić information content (AvgIpc) is 3.31. The number of imidazole rings is 1. The number of fused-ring (bicyclic) bond motifs is 1. The first-order chi connectivity index (χ1) is 19.0. The molecule has 0 fully saturated rings. The molecule has 0 radical (unpaired) electrons. The lowest BCUT2D eigenvalue weighted by molar-refractivity contribution is -0.123. The molecule has 0 aliphatic carbocycles. The Labute approximate surface area is 231 Å². The molecule has 13 nitrogen and oxygen atoms in total. The predicted molar refractivity (Wildman–Crippen MR) is 150 cm³/mol. The summed E-state index contributed by atoms with van der Waals surface area (Å²) in [7, 11) is 4.63. The Bertz CT molecular complexity index is 1440. The third kappa shape index (κ3) is 7.98. The second-order valence-electron chi connectivity index (χ2n) is 10.2. The number of aromatic nitrogens is 5. The van der Waals surface area contributed by atoms with Crippen LogP contribution in [0.15, 0.2) is 41.6 Å². The van der Waals surface area contributed by atoms with E-state index in [0.717, 1.165) is 22.5 Å². The minimum Gasteiger partial charge on any atom is -0.465 e. The zero-order chi connectivity index (χ0) is 29.4. The summed E-state index contributed by atoms with van der Waals surface area (Å²) in [4.78, 5) is 68.3. The fraction of sp³-hybridized carbons (Fsp3) is 0.444. The molecule has 13 heteroatoms. The summed E-state index contributed by atoms with van der Waals surface area (Å²) in [5.74, 6) is -0.523. The minimum atomic E-state index is -1.18. The van der Waals surface area contributed by atoms with Crippen molar-refractivity contribution in [2.24, 2.45) is 11.8 Å². The maximum atomic E-state index is 13.2. The summed E-state index contributed by atoms with van der Waals surface area (Å²) in [5.41, 5.74) is 1.72. The average molecular weight is 553 g/mol. The van der Waals surface area contributed by atoms with E-state index in [1.807, 2.05) is 0 Å². The number of carboxylic acid groups (broad SMARTS) is 1. The fourth-order valence-corrected chi connectivity index (χ4v) is 4.04. The van der Waals surface area contributed by atoms with E-state index in [-0.39, 0.29) is 31.1 Å². The van der Waals surface area contributed by atoms with Gasteiger partial charge >= 0.3 is 6.09 Å². The Kier molecular flexibility index (Phi) is 10.1. The van der Waals surface area contributed by atoms with E-state index < -0.39 is 23.5 Å². The second kappa shape index (κ2) is 13.5. The van der Waals surface area contributed by atoms with Crippen molar-refractivity contribution in [3.63, 3.8) is 0 Å². The molecular formula is C27H36N8O5. The van der Waals surface area contributed by atoms with E-state index in [9.17, 15) is 24.3 Å². The summed E-state index contributed by atoms with van der Waals surface area (Å²) >= 11 is 0. The van der Waals surface area contributed by atoms with Crippen molar-refractivity contribution in [3.05, 3.63) is 58.7 Å². The van der Waals surface area contributed by atoms with Gasteiger partial charge in [0.2, 0.25) is 11.8 Å². The number of pyridine rings is 1. The highest BCUT2D eigenvalue weighted by molar-refractivity contribution is 5.92. The van der Waals surface area contributed by atoms with Crippen LogP contribution >= 0.6 is 0 Å². The van der Waals surface area contributed by atoms with Gasteiger partial charge in [0.15, 0.2) is 5.65 Å². The standard InChI is InChI=1S/C27H36N8O5/c1-17(2)13-20-23-24(29-16-28-20)32-21(31-23)15-35-12-8-10-19(26(35)38)30-25(37)18(14-34(5)27(39)40)9-6-7-11-22(36)33(3)4/h7-8,10-12,16-18H,6,9,13-15H2,1-5H3,(H,30,37)(H,39,40)(H,28,29,31,32)/b11-7+/t18-/m0/s1. The Morgan fingerprint density at radius 2 is 1.95 bits per heavy atom. The Morgan fingerprint density at radius 3 is 2.62 bits per heavy atom. The summed E-state index contributed by atoms with van der Waals surface area (Å²) in [6.07, 6.45) is 6.34. The Hall–Kier alpha value is -4.55. The van der Waals surface area contributed by atoms with Gasteiger partial charge in [-0.2, -0.15) is 0 Å². The number of hydrogen-bond acceptors (Lipinski definition) is 7. The van der Waals surface area contributed by atoms with Gasteiger partial charge in [0.05, 0.1) is 18.2 Å². The maximum absolute atomic E-state index is 13.2. The molecule has 3 aromatic rings. The highest BCUT2D eigenvalue weighted by Gasteiger charge is 2.23. The number of aromatic amines is 1. The number of carbonyl (C=O) groups excluding carboxylic acids is 2. The highest BCUT2D eigenvalue weighted by atomic mass is 16.4. The van der Waals surface area contributed by atoms with Crippen LogP contribution in [0.1, 0.15) is 38.2 Å². The first kappa shape index (κ1) is 30.0. The van der Waals surface area contributed by atoms with Crippen molar-refractivity contribution in [2.75, 3.05) is 33.0 Å². The van der Waals surface area contributed by atoms with Crippen molar-refractivity contribution in [3.8, 4) is 0 Å². The van der Waals surface area contributed by atoms with Gasteiger partial charge in [-0.25, -0.2) is 19.7 Å². The van der Waals surface area contributed by atoms with Gasteiger partial charge in [-0.15, -0.1) is 0 Å². The first-order valence-electron chi connectivity index (χ1n) is 13.0. The van der Waals surface area contributed by atoms with Crippen LogP contribution in [0.5, 0.6) is 0 Å². The van der Waals surface area contributed by atoms with Crippen LogP contribution in [0.4, 0.5) is 10.5 Å². The molecule has 214 valence electrons. The molecule has 3 amide bonds. The van der Waals surface area contributed by atoms with Crippen LogP contribution < -0.4 is 10.9 Å². The van der Waals surface area contributed by atoms with E-state index in [1.165, 1.54) is 35.0 Å². The molecular weight excluding hydrogens is 516 g/mol. The number of likely N-dealkylation sites (N-methyl/N-ethyl adjacent to an activating group) is 1. The van der Waals surface area contributed by atoms with Crippen LogP contribution in [-0.2, 0) is 22.6 Å². The van der Waals surface area contributed by atoms with Crippen molar-refractivity contribution in [1.29, 1.82) is 0 Å². The zero-order valence-electron chi connectivity index (χ0n) is 23.4. The van der Waals surface area contributed by atoms with Crippen LogP contribution in [0.25, 0.3) is 11.2 Å². The smallest absolute Gasteiger partial charge is 0.407 e. The molecule has 0 bridgehead atoms. The molecule has 3 aromatic heterocycles. The topological polar surface area (TPSA) is 166 Å². The first-order valence-corrected chi connectivity index (χ1v) is 13.0. The number of carbonyl (C=O) groups is 3. The summed E-state index contributed by atoms with van der Waals surface area (Å²) in [6, 6.07) is 3.13. The zero-order valence-corrected chi connectivity index (χ0v) is 23.4. The third-order valence-electron chi connectivity index (χ3n) is 6.19. The summed E-state index contributed by atoms with van der Waals surface area (Å²) in [5, 5.41) is 12.0. The number of hydrogen-bond donors (Lipinski definition) is 3. The quantitative estimate of drug-likeness (QED) is 0.288. The van der Waals surface area contributed by atoms with Gasteiger partial charge in [0, 0.05) is 33.9 Å². The molecule has 0 saturated heterocycles. The van der Waals surface area contributed by atoms with Crippen LogP contribution in [0.2, 0.25) is 0 Å². The lowest BCUT2D eigenvalue weighted by Crippen LogP contribution is -2.37. The fourth-order valence-electron chi connectivity index (χ4n) is 4.04. The number of H-pyrrole nitrogens is 1. The number of allylic oxidation sites excluding steroid dienone is 1. The third-order valence-corrected chi connectivity index (χ3v) is 6.19. The Balaban J connectivity index is 1.77. The molecule has 3 N–H and O–H groups in total. The number of rotatable bonds is 12. The van der Waals surface area contributed by atoms with E-state index in [0.29, 0.717) is 23.8 Å². The number of amides is 3. The number of anilines is 1. The van der Waals surface area contributed by atoms with Gasteiger partial charge in [-0.1, -0.05) is 19.9 Å². The molecule has 0 unspecified atom stereocenters. The molecule has 3 heterocycles. The lowest BCUT2D eigenvalue weighted by Gasteiger charge is -2.21. The van der Waals surface area contributed by atoms with Gasteiger partial charge in [-0.05, 0) is 43.4 Å². The van der Waals surface area contributed by atoms with Crippen molar-refractivity contribution in [1.82, 2.24) is 34.3 Å². The maximum Gasteiger partial charge on any atom is 0.407 e. The normalized spacial score (nSPS) is 12.2. The molecule has 0 aliphatic heterocycles. The van der Waals surface area contributed by atoms with Gasteiger partial charge in [-0.3, -0.25) is 14.4 Å². The number of nitrogens with one attached hydrogen (secondary N) is 2. The van der Waals surface area contributed by atoms with Gasteiger partial charge < -0.3 is 29.8 Å². The van der Waals surface area contributed by atoms with Crippen molar-refractivity contribution in [2.45, 2.75) is 39.7 Å². The van der Waals surface area contributed by atoms with Crippen molar-refractivity contribution < 1.29 is 19.5 Å². The van der Waals surface area contributed by atoms with E-state index in [2.05, 4.69) is 39.1 Å². The predicted octanol–water partition coefficient (Wildman–Crippen LogP) is 2.35. The number of nitrogens with zero attached hydrogens (tertiary/aromatic N) is 6. The van der Waals surface area contributed by atoms with E-state index in [4.69, 9.17) is 0 Å². The molecule has 0 saturated carbocycles. The minimum absolute atomic E-state index is 0.0604. The molecule has 0 aromatic carbocycles. The van der Waals surface area contributed by atoms with Crippen LogP contribution in [0, 0.1) is 11.8 Å². The second-order valence-corrected chi connectivity index (χ2v) is 10.2. The summed E-state index contributed by atoms with van der Waals surface area (Å²) < 4.78 is 1.41. The SMILES string of the molecule is CC(C)Cc1ncnc2nc(Cn3cccc(NC(=O)[C@@H](CC/C=C/C(=O)N(C)C)CN(C)C(=O)O)c3=O)[nH]c12. The van der Waals surface area contributed by atoms with Gasteiger partial charge in [0.25, 0.3) is 5.56 Å². The Morgan fingerprint density at radius 1 is 1.20 bits per heavy atom. The largest absolute Gasteiger partial charge is 0.465 e. The van der Waals surface area contributed by atoms with E-state index in [1.54, 1.807) is 32.4 Å². The highest BCUT2D eigenvalue weighted by Crippen LogP contribution is 2.17. The van der Waals surface area contributed by atoms with Crippen LogP contribution in [0.3, 0.4) is 0 Å². The summed E-state index contributed by atoms with van der Waals surface area (Å²) in [6.45, 7) is 4.24. The molecule has 40 heavy (non-hydrogen) atoms. The molecule has 1 atom stereocenters. The van der Waals surface area contributed by atoms with Crippen LogP contribution in [-0.4, -0.2) is 85.0 Å². The molecule has 0 spiro atoms. The molecule has 0 aliphatic rings. The van der Waals surface area contributed by atoms with E-state index >= 15 is 0 Å². The lowest BCUT2D eigenvalue weighted by atomic mass is 10.0.